The molecule has 1 N–H and O–H groups in total. The van der Waals surface area contributed by atoms with Crippen molar-refractivity contribution in [1.29, 1.82) is 0 Å². The van der Waals surface area contributed by atoms with Crippen LogP contribution in [0.5, 0.6) is 0 Å². The van der Waals surface area contributed by atoms with Gasteiger partial charge in [-0.15, -0.1) is 11.3 Å². The Labute approximate surface area is 164 Å². The van der Waals surface area contributed by atoms with E-state index in [1.165, 1.54) is 29.5 Å². The minimum absolute atomic E-state index is 0.0463. The minimum Gasteiger partial charge on any atom is -0.451 e. The van der Waals surface area contributed by atoms with Crippen molar-refractivity contribution < 1.29 is 19.2 Å². The van der Waals surface area contributed by atoms with Gasteiger partial charge in [0.15, 0.2) is 6.61 Å². The Hall–Kier alpha value is -3.52. The molecule has 1 amide bonds. The summed E-state index contributed by atoms with van der Waals surface area (Å²) in [5.41, 5.74) is 2.53. The molecule has 0 spiro atoms. The molecular formula is C20H16N2O5S. The van der Waals surface area contributed by atoms with Crippen LogP contribution in [-0.4, -0.2) is 23.4 Å². The van der Waals surface area contributed by atoms with Gasteiger partial charge in [-0.3, -0.25) is 14.9 Å². The first kappa shape index (κ1) is 19.2. The number of ether oxygens (including phenoxy) is 1. The zero-order valence-electron chi connectivity index (χ0n) is 14.9. The van der Waals surface area contributed by atoms with Crippen LogP contribution < -0.4 is 5.32 Å². The van der Waals surface area contributed by atoms with Crippen LogP contribution in [0.15, 0.2) is 60.0 Å². The number of nitro groups is 1. The van der Waals surface area contributed by atoms with Gasteiger partial charge in [0.1, 0.15) is 10.6 Å². The number of nitro benzene ring substituents is 1. The molecule has 0 aliphatic heterocycles. The third kappa shape index (κ3) is 4.41. The topological polar surface area (TPSA) is 98.5 Å². The van der Waals surface area contributed by atoms with Crippen molar-refractivity contribution in [1.82, 2.24) is 0 Å². The number of benzene rings is 2. The van der Waals surface area contributed by atoms with Crippen molar-refractivity contribution in [2.24, 2.45) is 0 Å². The van der Waals surface area contributed by atoms with Gasteiger partial charge in [0.2, 0.25) is 0 Å². The van der Waals surface area contributed by atoms with E-state index in [4.69, 9.17) is 4.74 Å². The number of aryl methyl sites for hydroxylation is 1. The lowest BCUT2D eigenvalue weighted by atomic mass is 10.1. The average molecular weight is 396 g/mol. The molecular weight excluding hydrogens is 380 g/mol. The molecule has 142 valence electrons. The second-order valence-electron chi connectivity index (χ2n) is 5.93. The summed E-state index contributed by atoms with van der Waals surface area (Å²) in [4.78, 5) is 35.2. The molecule has 3 rings (SSSR count). The number of nitrogens with zero attached hydrogens (tertiary/aromatic N) is 1. The maximum absolute atomic E-state index is 12.4. The summed E-state index contributed by atoms with van der Waals surface area (Å²) in [7, 11) is 0. The van der Waals surface area contributed by atoms with Crippen LogP contribution in [0.2, 0.25) is 0 Å². The van der Waals surface area contributed by atoms with Crippen molar-refractivity contribution in [3.63, 3.8) is 0 Å². The molecule has 2 aromatic carbocycles. The lowest BCUT2D eigenvalue weighted by molar-refractivity contribution is -0.383. The number of thiophene rings is 1. The van der Waals surface area contributed by atoms with E-state index in [1.54, 1.807) is 11.4 Å². The van der Waals surface area contributed by atoms with Crippen molar-refractivity contribution in [3.05, 3.63) is 80.5 Å². The SMILES string of the molecule is Cc1ccc(-c2ccsc2C(=O)OCC(=O)Nc2ccccc2[N+](=O)[O-])cc1. The number of amides is 1. The Morgan fingerprint density at radius 1 is 1.11 bits per heavy atom. The molecule has 0 unspecified atom stereocenters. The van der Waals surface area contributed by atoms with Gasteiger partial charge in [0.05, 0.1) is 4.92 Å². The molecule has 8 heteroatoms. The first-order valence-corrected chi connectivity index (χ1v) is 9.18. The third-order valence-electron chi connectivity index (χ3n) is 3.92. The maximum Gasteiger partial charge on any atom is 0.349 e. The molecule has 0 fully saturated rings. The molecule has 1 heterocycles. The van der Waals surface area contributed by atoms with Crippen LogP contribution in [0.4, 0.5) is 11.4 Å². The maximum atomic E-state index is 12.4. The quantitative estimate of drug-likeness (QED) is 0.378. The Morgan fingerprint density at radius 3 is 2.54 bits per heavy atom. The molecule has 3 aromatic rings. The molecule has 0 saturated carbocycles. The normalized spacial score (nSPS) is 10.3. The Bertz CT molecular complexity index is 1030. The van der Waals surface area contributed by atoms with Crippen molar-refractivity contribution in [3.8, 4) is 11.1 Å². The third-order valence-corrected chi connectivity index (χ3v) is 4.82. The molecule has 7 nitrogen and oxygen atoms in total. The van der Waals surface area contributed by atoms with E-state index in [0.29, 0.717) is 4.88 Å². The second-order valence-corrected chi connectivity index (χ2v) is 6.84. The van der Waals surface area contributed by atoms with Gasteiger partial charge in [-0.05, 0) is 30.0 Å². The number of para-hydroxylation sites is 2. The molecule has 28 heavy (non-hydrogen) atoms. The number of carbonyl (C=O) groups is 2. The summed E-state index contributed by atoms with van der Waals surface area (Å²) in [6.45, 7) is 1.43. The molecule has 0 saturated heterocycles. The predicted octanol–water partition coefficient (Wildman–Crippen LogP) is 4.43. The summed E-state index contributed by atoms with van der Waals surface area (Å²) in [5.74, 6) is -1.28. The fraction of sp³-hybridized carbons (Fsp3) is 0.100. The Balaban J connectivity index is 1.65. The van der Waals surface area contributed by atoms with Gasteiger partial charge in [0.25, 0.3) is 11.6 Å². The van der Waals surface area contributed by atoms with Crippen LogP contribution in [0.3, 0.4) is 0 Å². The standard InChI is InChI=1S/C20H16N2O5S/c1-13-6-8-14(9-7-13)15-10-11-28-19(15)20(24)27-12-18(23)21-16-4-2-3-5-17(16)22(25)26/h2-11H,12H2,1H3,(H,21,23). The van der Waals surface area contributed by atoms with Gasteiger partial charge < -0.3 is 10.1 Å². The number of carbonyl (C=O) groups excluding carboxylic acids is 2. The first-order chi connectivity index (χ1) is 13.5. The Kier molecular flexibility index (Phi) is 5.81. The van der Waals surface area contributed by atoms with Gasteiger partial charge >= 0.3 is 5.97 Å². The molecule has 0 bridgehead atoms. The zero-order valence-corrected chi connectivity index (χ0v) is 15.7. The highest BCUT2D eigenvalue weighted by atomic mass is 32.1. The average Bonchev–Trinajstić information content (AvgIpc) is 3.17. The molecule has 0 atom stereocenters. The second kappa shape index (κ2) is 8.45. The lowest BCUT2D eigenvalue weighted by Gasteiger charge is -2.08. The number of hydrogen-bond acceptors (Lipinski definition) is 6. The molecule has 0 aliphatic rings. The van der Waals surface area contributed by atoms with E-state index >= 15 is 0 Å². The largest absolute Gasteiger partial charge is 0.451 e. The monoisotopic (exact) mass is 396 g/mol. The van der Waals surface area contributed by atoms with E-state index in [1.807, 2.05) is 37.3 Å². The van der Waals surface area contributed by atoms with Gasteiger partial charge in [0, 0.05) is 11.6 Å². The highest BCUT2D eigenvalue weighted by Crippen LogP contribution is 2.29. The number of nitrogens with one attached hydrogen (secondary N) is 1. The fourth-order valence-corrected chi connectivity index (χ4v) is 3.36. The van der Waals surface area contributed by atoms with Gasteiger partial charge in [-0.2, -0.15) is 0 Å². The van der Waals surface area contributed by atoms with Crippen molar-refractivity contribution >= 4 is 34.6 Å². The highest BCUT2D eigenvalue weighted by Gasteiger charge is 2.19. The minimum atomic E-state index is -0.656. The van der Waals surface area contributed by atoms with Gasteiger partial charge in [-0.1, -0.05) is 42.0 Å². The lowest BCUT2D eigenvalue weighted by Crippen LogP contribution is -2.21. The molecule has 0 aliphatic carbocycles. The number of rotatable bonds is 6. The van der Waals surface area contributed by atoms with Crippen molar-refractivity contribution in [2.45, 2.75) is 6.92 Å². The van der Waals surface area contributed by atoms with Crippen LogP contribution >= 0.6 is 11.3 Å². The fourth-order valence-electron chi connectivity index (χ4n) is 2.55. The first-order valence-electron chi connectivity index (χ1n) is 8.30. The molecule has 0 radical (unpaired) electrons. The number of anilines is 1. The summed E-state index contributed by atoms with van der Waals surface area (Å²) in [5, 5.41) is 15.2. The number of esters is 1. The van der Waals surface area contributed by atoms with Crippen LogP contribution in [0, 0.1) is 17.0 Å². The highest BCUT2D eigenvalue weighted by molar-refractivity contribution is 7.12. The van der Waals surface area contributed by atoms with E-state index in [2.05, 4.69) is 5.32 Å². The van der Waals surface area contributed by atoms with E-state index in [0.717, 1.165) is 16.7 Å². The van der Waals surface area contributed by atoms with Crippen molar-refractivity contribution in [2.75, 3.05) is 11.9 Å². The predicted molar refractivity (Wildman–Crippen MR) is 107 cm³/mol. The summed E-state index contributed by atoms with van der Waals surface area (Å²) in [6.07, 6.45) is 0. The van der Waals surface area contributed by atoms with Gasteiger partial charge in [-0.25, -0.2) is 4.79 Å². The number of hydrogen-bond donors (Lipinski definition) is 1. The smallest absolute Gasteiger partial charge is 0.349 e. The summed E-state index contributed by atoms with van der Waals surface area (Å²) >= 11 is 1.22. The summed E-state index contributed by atoms with van der Waals surface area (Å²) < 4.78 is 5.10. The molecule has 1 aromatic heterocycles. The van der Waals surface area contributed by atoms with Crippen LogP contribution in [0.25, 0.3) is 11.1 Å². The van der Waals surface area contributed by atoms with E-state index in [-0.39, 0.29) is 11.4 Å². The van der Waals surface area contributed by atoms with E-state index < -0.39 is 23.4 Å². The summed E-state index contributed by atoms with van der Waals surface area (Å²) in [6, 6.07) is 15.3. The van der Waals surface area contributed by atoms with E-state index in [9.17, 15) is 19.7 Å². The Morgan fingerprint density at radius 2 is 1.82 bits per heavy atom. The zero-order chi connectivity index (χ0) is 20.1. The van der Waals surface area contributed by atoms with Crippen LogP contribution in [0.1, 0.15) is 15.2 Å². The van der Waals surface area contributed by atoms with Crippen LogP contribution in [-0.2, 0) is 9.53 Å².